The van der Waals surface area contributed by atoms with Crippen molar-refractivity contribution in [2.24, 2.45) is 11.3 Å². The molecular weight excluding hydrogens is 256 g/mol. The highest BCUT2D eigenvalue weighted by Gasteiger charge is 2.59. The van der Waals surface area contributed by atoms with Crippen molar-refractivity contribution in [3.8, 4) is 11.8 Å². The molecule has 3 unspecified atom stereocenters. The lowest BCUT2D eigenvalue weighted by Crippen LogP contribution is -2.34. The monoisotopic (exact) mass is 276 g/mol. The van der Waals surface area contributed by atoms with E-state index in [9.17, 15) is 0 Å². The molecule has 2 heterocycles. The van der Waals surface area contributed by atoms with Gasteiger partial charge < -0.3 is 0 Å². The molecule has 2 heteroatoms. The van der Waals surface area contributed by atoms with Gasteiger partial charge >= 0.3 is 0 Å². The molecule has 1 saturated heterocycles. The van der Waals surface area contributed by atoms with Crippen LogP contribution in [0.2, 0.25) is 0 Å². The maximum atomic E-state index is 4.30. The minimum atomic E-state index is 0.252. The topological polar surface area (TPSA) is 16.1 Å². The van der Waals surface area contributed by atoms with Gasteiger partial charge in [-0.05, 0) is 43.7 Å². The number of nitrogens with zero attached hydrogens (tertiary/aromatic N) is 2. The van der Waals surface area contributed by atoms with Gasteiger partial charge in [-0.2, -0.15) is 0 Å². The molecule has 1 aliphatic heterocycles. The van der Waals surface area contributed by atoms with E-state index in [1.54, 1.807) is 0 Å². The number of piperidine rings is 1. The summed E-state index contributed by atoms with van der Waals surface area (Å²) in [6, 6.07) is 6.51. The molecule has 2 fully saturated rings. The standard InChI is InChI=1S/C19H20N2/c1-15-5-7-18(8-6-15)21-13-16-12-19(16,14-21)10-9-17-4-2-3-11-20-17/h2-7,11,16,18H,8,12-14H2,1H3. The van der Waals surface area contributed by atoms with E-state index < -0.39 is 0 Å². The van der Waals surface area contributed by atoms with Gasteiger partial charge in [0.25, 0.3) is 0 Å². The molecule has 1 aromatic heterocycles. The summed E-state index contributed by atoms with van der Waals surface area (Å²) in [5.41, 5.74) is 2.54. The van der Waals surface area contributed by atoms with Gasteiger partial charge in [0, 0.05) is 30.7 Å². The Morgan fingerprint density at radius 3 is 3.10 bits per heavy atom. The zero-order valence-corrected chi connectivity index (χ0v) is 12.4. The summed E-state index contributed by atoms with van der Waals surface area (Å²) in [4.78, 5) is 6.91. The molecular formula is C19H20N2. The van der Waals surface area contributed by atoms with Crippen molar-refractivity contribution < 1.29 is 0 Å². The molecule has 4 rings (SSSR count). The minimum Gasteiger partial charge on any atom is -0.295 e. The van der Waals surface area contributed by atoms with E-state index >= 15 is 0 Å². The van der Waals surface area contributed by atoms with Crippen molar-refractivity contribution in [1.29, 1.82) is 0 Å². The Balaban J connectivity index is 1.45. The van der Waals surface area contributed by atoms with Crippen LogP contribution < -0.4 is 0 Å². The van der Waals surface area contributed by atoms with Crippen molar-refractivity contribution >= 4 is 0 Å². The summed E-state index contributed by atoms with van der Waals surface area (Å²) in [5, 5.41) is 0. The minimum absolute atomic E-state index is 0.252. The van der Waals surface area contributed by atoms with Crippen LogP contribution in [0.3, 0.4) is 0 Å². The number of allylic oxidation sites excluding steroid dienone is 2. The largest absolute Gasteiger partial charge is 0.295 e. The molecule has 3 aliphatic rings. The predicted octanol–water partition coefficient (Wildman–Crippen LogP) is 3.03. The Kier molecular flexibility index (Phi) is 2.97. The second-order valence-electron chi connectivity index (χ2n) is 6.56. The lowest BCUT2D eigenvalue weighted by molar-refractivity contribution is 0.247. The first-order chi connectivity index (χ1) is 10.3. The number of aromatic nitrogens is 1. The summed E-state index contributed by atoms with van der Waals surface area (Å²) in [6.45, 7) is 4.51. The predicted molar refractivity (Wildman–Crippen MR) is 84.5 cm³/mol. The Morgan fingerprint density at radius 2 is 2.33 bits per heavy atom. The van der Waals surface area contributed by atoms with Crippen molar-refractivity contribution in [2.45, 2.75) is 25.8 Å². The van der Waals surface area contributed by atoms with E-state index in [-0.39, 0.29) is 5.41 Å². The van der Waals surface area contributed by atoms with Gasteiger partial charge in [0.15, 0.2) is 0 Å². The van der Waals surface area contributed by atoms with E-state index in [0.29, 0.717) is 6.04 Å². The zero-order valence-electron chi connectivity index (χ0n) is 12.4. The Labute approximate surface area is 126 Å². The fourth-order valence-electron chi connectivity index (χ4n) is 3.58. The zero-order chi connectivity index (χ0) is 14.3. The third-order valence-electron chi connectivity index (χ3n) is 5.01. The van der Waals surface area contributed by atoms with Crippen LogP contribution in [0, 0.1) is 23.2 Å². The first kappa shape index (κ1) is 12.9. The molecule has 0 aromatic carbocycles. The molecule has 0 radical (unpaired) electrons. The first-order valence-electron chi connectivity index (χ1n) is 7.78. The smallest absolute Gasteiger partial charge is 0.113 e. The normalized spacial score (nSPS) is 33.9. The molecule has 0 amide bonds. The summed E-state index contributed by atoms with van der Waals surface area (Å²) >= 11 is 0. The number of hydrogen-bond donors (Lipinski definition) is 0. The highest BCUT2D eigenvalue weighted by molar-refractivity contribution is 5.36. The second-order valence-corrected chi connectivity index (χ2v) is 6.56. The lowest BCUT2D eigenvalue weighted by Gasteiger charge is -2.28. The summed E-state index contributed by atoms with van der Waals surface area (Å²) in [6.07, 6.45) is 11.2. The van der Waals surface area contributed by atoms with Gasteiger partial charge in [0.2, 0.25) is 0 Å². The van der Waals surface area contributed by atoms with Crippen LogP contribution >= 0.6 is 0 Å². The lowest BCUT2D eigenvalue weighted by atomic mass is 10.0. The number of likely N-dealkylation sites (tertiary alicyclic amines) is 1. The van der Waals surface area contributed by atoms with Crippen LogP contribution in [0.5, 0.6) is 0 Å². The number of fused-ring (bicyclic) bond motifs is 1. The summed E-state index contributed by atoms with van der Waals surface area (Å²) < 4.78 is 0. The Morgan fingerprint density at radius 1 is 1.38 bits per heavy atom. The third kappa shape index (κ3) is 2.43. The van der Waals surface area contributed by atoms with Crippen molar-refractivity contribution in [3.63, 3.8) is 0 Å². The van der Waals surface area contributed by atoms with Gasteiger partial charge in [-0.15, -0.1) is 0 Å². The average Bonchev–Trinajstić information content (AvgIpc) is 3.08. The van der Waals surface area contributed by atoms with Crippen LogP contribution in [0.25, 0.3) is 0 Å². The molecule has 2 nitrogen and oxygen atoms in total. The quantitative estimate of drug-likeness (QED) is 0.733. The molecule has 1 saturated carbocycles. The van der Waals surface area contributed by atoms with Crippen LogP contribution in [-0.4, -0.2) is 29.0 Å². The number of rotatable bonds is 1. The maximum absolute atomic E-state index is 4.30. The van der Waals surface area contributed by atoms with Crippen LogP contribution in [0.15, 0.2) is 48.2 Å². The van der Waals surface area contributed by atoms with Crippen LogP contribution in [0.1, 0.15) is 25.5 Å². The molecule has 106 valence electrons. The highest BCUT2D eigenvalue weighted by atomic mass is 15.2. The van der Waals surface area contributed by atoms with Gasteiger partial charge in [-0.1, -0.05) is 35.8 Å². The van der Waals surface area contributed by atoms with E-state index in [0.717, 1.165) is 24.6 Å². The molecule has 3 atom stereocenters. The van der Waals surface area contributed by atoms with Crippen LogP contribution in [-0.2, 0) is 0 Å². The molecule has 0 N–H and O–H groups in total. The molecule has 0 bridgehead atoms. The Bertz CT molecular complexity index is 662. The van der Waals surface area contributed by atoms with Crippen molar-refractivity contribution in [2.75, 3.05) is 13.1 Å². The van der Waals surface area contributed by atoms with E-state index in [1.165, 1.54) is 18.5 Å². The third-order valence-corrected chi connectivity index (χ3v) is 5.01. The average molecular weight is 276 g/mol. The number of pyridine rings is 1. The van der Waals surface area contributed by atoms with Gasteiger partial charge in [-0.3, -0.25) is 4.90 Å². The van der Waals surface area contributed by atoms with Crippen LogP contribution in [0.4, 0.5) is 0 Å². The fourth-order valence-corrected chi connectivity index (χ4v) is 3.58. The maximum Gasteiger partial charge on any atom is 0.113 e. The Hall–Kier alpha value is -1.85. The van der Waals surface area contributed by atoms with E-state index in [4.69, 9.17) is 0 Å². The van der Waals surface area contributed by atoms with E-state index in [2.05, 4.69) is 46.9 Å². The van der Waals surface area contributed by atoms with Crippen molar-refractivity contribution in [3.05, 3.63) is 53.9 Å². The molecule has 0 spiro atoms. The molecule has 1 aromatic rings. The molecule has 21 heavy (non-hydrogen) atoms. The number of hydrogen-bond acceptors (Lipinski definition) is 2. The van der Waals surface area contributed by atoms with Crippen molar-refractivity contribution in [1.82, 2.24) is 9.88 Å². The summed E-state index contributed by atoms with van der Waals surface area (Å²) in [5.74, 6) is 7.59. The second kappa shape index (κ2) is 4.86. The SMILES string of the molecule is CC1=CCC(N2CC3CC3(C#Cc3ccccn3)C2)C=C1. The fraction of sp³-hybridized carbons (Fsp3) is 0.421. The summed E-state index contributed by atoms with van der Waals surface area (Å²) in [7, 11) is 0. The first-order valence-corrected chi connectivity index (χ1v) is 7.78. The molecule has 2 aliphatic carbocycles. The van der Waals surface area contributed by atoms with E-state index in [1.807, 2.05) is 24.4 Å². The van der Waals surface area contributed by atoms with Gasteiger partial charge in [0.1, 0.15) is 5.69 Å². The van der Waals surface area contributed by atoms with Gasteiger partial charge in [0.05, 0.1) is 0 Å². The van der Waals surface area contributed by atoms with Gasteiger partial charge in [-0.25, -0.2) is 4.98 Å². The highest BCUT2D eigenvalue weighted by Crippen LogP contribution is 2.58.